The molecule has 1 N–H and O–H groups in total. The minimum atomic E-state index is -1.28. The van der Waals surface area contributed by atoms with Gasteiger partial charge in [0.1, 0.15) is 6.54 Å². The van der Waals surface area contributed by atoms with Gasteiger partial charge in [-0.15, -0.1) is 0 Å². The molecular formula is C6H8Cl2N2O2. The molecule has 4 nitrogen and oxygen atoms in total. The summed E-state index contributed by atoms with van der Waals surface area (Å²) in [5.41, 5.74) is 0. The molecule has 1 fully saturated rings. The maximum atomic E-state index is 11.0. The number of halogens is 2. The van der Waals surface area contributed by atoms with Gasteiger partial charge in [-0.2, -0.15) is 0 Å². The largest absolute Gasteiger partial charge is 0.326 e. The van der Waals surface area contributed by atoms with Crippen LogP contribution in [0.3, 0.4) is 0 Å². The summed E-state index contributed by atoms with van der Waals surface area (Å²) in [6, 6.07) is -0.535. The highest BCUT2D eigenvalue weighted by atomic mass is 35.5. The minimum Gasteiger partial charge on any atom is -0.283 e. The van der Waals surface area contributed by atoms with E-state index in [0.717, 1.165) is 4.90 Å². The highest BCUT2D eigenvalue weighted by Gasteiger charge is 2.40. The van der Waals surface area contributed by atoms with Crippen molar-refractivity contribution < 1.29 is 9.59 Å². The Morgan fingerprint density at radius 1 is 1.58 bits per heavy atom. The smallest absolute Gasteiger partial charge is 0.283 e. The van der Waals surface area contributed by atoms with Gasteiger partial charge in [-0.1, -0.05) is 30.1 Å². The fourth-order valence-electron chi connectivity index (χ4n) is 0.897. The Balaban J connectivity index is 2.76. The van der Waals surface area contributed by atoms with Crippen molar-refractivity contribution in [3.05, 3.63) is 0 Å². The van der Waals surface area contributed by atoms with Crippen LogP contribution in [0.15, 0.2) is 0 Å². The zero-order chi connectivity index (χ0) is 9.35. The van der Waals surface area contributed by atoms with Crippen LogP contribution in [0.4, 0.5) is 4.79 Å². The Morgan fingerprint density at radius 2 is 2.17 bits per heavy atom. The summed E-state index contributed by atoms with van der Waals surface area (Å²) in [5, 5.41) is 2.09. The van der Waals surface area contributed by atoms with Gasteiger partial charge in [-0.25, -0.2) is 4.79 Å². The van der Waals surface area contributed by atoms with Gasteiger partial charge in [0.05, 0.1) is 0 Å². The highest BCUT2D eigenvalue weighted by Crippen LogP contribution is 2.30. The van der Waals surface area contributed by atoms with Crippen LogP contribution in [-0.2, 0) is 4.79 Å². The summed E-state index contributed by atoms with van der Waals surface area (Å²) in [5.74, 6) is -0.376. The van der Waals surface area contributed by atoms with Gasteiger partial charge in [0.25, 0.3) is 0 Å². The molecule has 68 valence electrons. The van der Waals surface area contributed by atoms with Crippen molar-refractivity contribution in [1.29, 1.82) is 0 Å². The van der Waals surface area contributed by atoms with Crippen molar-refractivity contribution in [3.63, 3.8) is 0 Å². The molecule has 1 aliphatic heterocycles. The van der Waals surface area contributed by atoms with Gasteiger partial charge in [-0.05, 0) is 6.42 Å². The van der Waals surface area contributed by atoms with E-state index in [1.165, 1.54) is 0 Å². The fraction of sp³-hybridized carbons (Fsp3) is 0.667. The predicted octanol–water partition coefficient (Wildman–Crippen LogP) is 1.08. The molecule has 3 amide bonds. The second kappa shape index (κ2) is 3.11. The maximum Gasteiger partial charge on any atom is 0.326 e. The van der Waals surface area contributed by atoms with Gasteiger partial charge in [-0.3, -0.25) is 15.0 Å². The van der Waals surface area contributed by atoms with Crippen LogP contribution in [0, 0.1) is 0 Å². The number of carbonyl (C=O) groups excluding carboxylic acids is 2. The summed E-state index contributed by atoms with van der Waals surface area (Å²) < 4.78 is -1.28. The molecule has 0 aromatic heterocycles. The Morgan fingerprint density at radius 3 is 2.50 bits per heavy atom. The lowest BCUT2D eigenvalue weighted by atomic mass is 10.4. The van der Waals surface area contributed by atoms with Crippen LogP contribution in [-0.4, -0.2) is 27.8 Å². The van der Waals surface area contributed by atoms with Crippen molar-refractivity contribution in [2.45, 2.75) is 17.8 Å². The Bertz CT molecular complexity index is 230. The molecule has 12 heavy (non-hydrogen) atoms. The fourth-order valence-corrected chi connectivity index (χ4v) is 1.17. The van der Waals surface area contributed by atoms with Crippen molar-refractivity contribution in [1.82, 2.24) is 10.2 Å². The first-order valence-electron chi connectivity index (χ1n) is 3.46. The van der Waals surface area contributed by atoms with E-state index in [2.05, 4.69) is 5.32 Å². The number of amides is 3. The number of rotatable bonds is 2. The molecular weight excluding hydrogens is 203 g/mol. The number of hydrogen-bond acceptors (Lipinski definition) is 2. The van der Waals surface area contributed by atoms with Crippen molar-refractivity contribution in [2.75, 3.05) is 6.54 Å². The number of urea groups is 1. The third-order valence-corrected chi connectivity index (χ3v) is 2.56. The van der Waals surface area contributed by atoms with Crippen LogP contribution in [0.2, 0.25) is 0 Å². The SMILES string of the molecule is CCC(Cl)(Cl)N1CC(=O)NC1=O. The molecule has 1 aliphatic rings. The first-order chi connectivity index (χ1) is 5.47. The van der Waals surface area contributed by atoms with E-state index in [1.54, 1.807) is 6.92 Å². The van der Waals surface area contributed by atoms with Crippen molar-refractivity contribution in [3.8, 4) is 0 Å². The second-order valence-electron chi connectivity index (χ2n) is 2.46. The summed E-state index contributed by atoms with van der Waals surface area (Å²) >= 11 is 11.5. The van der Waals surface area contributed by atoms with Gasteiger partial charge < -0.3 is 0 Å². The van der Waals surface area contributed by atoms with Gasteiger partial charge >= 0.3 is 6.03 Å². The molecule has 0 spiro atoms. The van der Waals surface area contributed by atoms with E-state index in [9.17, 15) is 9.59 Å². The zero-order valence-electron chi connectivity index (χ0n) is 6.43. The average molecular weight is 211 g/mol. The third kappa shape index (κ3) is 1.64. The van der Waals surface area contributed by atoms with Crippen LogP contribution >= 0.6 is 23.2 Å². The van der Waals surface area contributed by atoms with E-state index >= 15 is 0 Å². The molecule has 1 rings (SSSR count). The summed E-state index contributed by atoms with van der Waals surface area (Å²) in [7, 11) is 0. The van der Waals surface area contributed by atoms with Crippen LogP contribution in [0.5, 0.6) is 0 Å². The number of nitrogens with one attached hydrogen (secondary N) is 1. The van der Waals surface area contributed by atoms with Crippen LogP contribution < -0.4 is 5.32 Å². The van der Waals surface area contributed by atoms with Crippen molar-refractivity contribution in [2.24, 2.45) is 0 Å². The van der Waals surface area contributed by atoms with E-state index in [-0.39, 0.29) is 12.5 Å². The molecule has 0 saturated carbocycles. The first-order valence-corrected chi connectivity index (χ1v) is 4.22. The molecule has 0 radical (unpaired) electrons. The third-order valence-electron chi connectivity index (χ3n) is 1.61. The Labute approximate surface area is 79.8 Å². The second-order valence-corrected chi connectivity index (χ2v) is 3.90. The standard InChI is InChI=1S/C6H8Cl2N2O2/c1-2-6(7,8)10-3-4(11)9-5(10)12/h2-3H2,1H3,(H,9,11,12). The number of alkyl halides is 2. The van der Waals surface area contributed by atoms with Gasteiger partial charge in [0, 0.05) is 0 Å². The monoisotopic (exact) mass is 210 g/mol. The van der Waals surface area contributed by atoms with E-state index < -0.39 is 10.5 Å². The molecule has 0 unspecified atom stereocenters. The predicted molar refractivity (Wildman–Crippen MR) is 45.0 cm³/mol. The highest BCUT2D eigenvalue weighted by molar-refractivity contribution is 6.49. The number of carbonyl (C=O) groups is 2. The Hall–Kier alpha value is -0.480. The Kier molecular flexibility index (Phi) is 2.49. The first kappa shape index (κ1) is 9.61. The number of nitrogens with zero attached hydrogens (tertiary/aromatic N) is 1. The van der Waals surface area contributed by atoms with Gasteiger partial charge in [0.2, 0.25) is 5.91 Å². The normalized spacial score (nSPS) is 18.4. The zero-order valence-corrected chi connectivity index (χ0v) is 7.95. The number of hydrogen-bond donors (Lipinski definition) is 1. The van der Waals surface area contributed by atoms with Gasteiger partial charge in [0.15, 0.2) is 4.46 Å². The number of imide groups is 1. The minimum absolute atomic E-state index is 0.0698. The summed E-state index contributed by atoms with van der Waals surface area (Å²) in [6.45, 7) is 1.66. The quantitative estimate of drug-likeness (QED) is 0.422. The molecule has 6 heteroatoms. The van der Waals surface area contributed by atoms with Crippen LogP contribution in [0.1, 0.15) is 13.3 Å². The molecule has 0 aliphatic carbocycles. The van der Waals surface area contributed by atoms with Crippen molar-refractivity contribution >= 4 is 35.1 Å². The molecule has 1 heterocycles. The lowest BCUT2D eigenvalue weighted by Crippen LogP contribution is -2.41. The average Bonchev–Trinajstić information content (AvgIpc) is 2.31. The lowest BCUT2D eigenvalue weighted by Gasteiger charge is -2.27. The summed E-state index contributed by atoms with van der Waals surface area (Å²) in [4.78, 5) is 22.8. The maximum absolute atomic E-state index is 11.0. The van der Waals surface area contributed by atoms with E-state index in [1.807, 2.05) is 0 Å². The molecule has 0 atom stereocenters. The molecule has 0 aromatic rings. The molecule has 0 bridgehead atoms. The topological polar surface area (TPSA) is 49.4 Å². The van der Waals surface area contributed by atoms with E-state index in [0.29, 0.717) is 6.42 Å². The summed E-state index contributed by atoms with van der Waals surface area (Å²) in [6.07, 6.45) is 0.372. The molecule has 1 saturated heterocycles. The molecule has 0 aromatic carbocycles. The van der Waals surface area contributed by atoms with E-state index in [4.69, 9.17) is 23.2 Å². The lowest BCUT2D eigenvalue weighted by molar-refractivity contribution is -0.118. The van der Waals surface area contributed by atoms with Crippen LogP contribution in [0.25, 0.3) is 0 Å².